The van der Waals surface area contributed by atoms with Gasteiger partial charge in [-0.25, -0.2) is 0 Å². The fraction of sp³-hybridized carbons (Fsp3) is 0.0769. The van der Waals surface area contributed by atoms with Gasteiger partial charge in [0, 0.05) is 12.7 Å². The summed E-state index contributed by atoms with van der Waals surface area (Å²) in [5, 5.41) is 3.04. The molecule has 2 rings (SSSR count). The molecule has 0 fully saturated rings. The van der Waals surface area contributed by atoms with E-state index in [2.05, 4.69) is 5.32 Å². The topological polar surface area (TPSA) is 64.1 Å². The minimum absolute atomic E-state index is 0.738. The molecule has 0 spiro atoms. The molecular weight excluding hydrogens is 198 g/mol. The molecule has 0 unspecified atom stereocenters. The first-order valence-corrected chi connectivity index (χ1v) is 5.14. The van der Waals surface area contributed by atoms with E-state index in [0.717, 1.165) is 28.2 Å². The summed E-state index contributed by atoms with van der Waals surface area (Å²) in [7, 11) is 1.85. The van der Waals surface area contributed by atoms with Crippen LogP contribution in [0.15, 0.2) is 42.5 Å². The molecule has 0 saturated heterocycles. The zero-order valence-corrected chi connectivity index (χ0v) is 9.20. The highest BCUT2D eigenvalue weighted by atomic mass is 14.8. The highest BCUT2D eigenvalue weighted by Gasteiger charge is 2.01. The Morgan fingerprint density at radius 1 is 0.938 bits per heavy atom. The van der Waals surface area contributed by atoms with Crippen LogP contribution in [0.25, 0.3) is 11.1 Å². The van der Waals surface area contributed by atoms with Gasteiger partial charge in [-0.15, -0.1) is 0 Å². The lowest BCUT2D eigenvalue weighted by Gasteiger charge is -2.08. The molecule has 0 heterocycles. The van der Waals surface area contributed by atoms with Crippen LogP contribution in [0.5, 0.6) is 0 Å². The summed E-state index contributed by atoms with van der Waals surface area (Å²) in [6.45, 7) is 0. The lowest BCUT2D eigenvalue weighted by atomic mass is 10.0. The second kappa shape index (κ2) is 4.14. The summed E-state index contributed by atoms with van der Waals surface area (Å²) in [5.74, 6) is 0. The minimum atomic E-state index is 0.738. The molecule has 0 aromatic heterocycles. The molecule has 0 aliphatic heterocycles. The Bertz CT molecular complexity index is 506. The molecule has 2 aromatic carbocycles. The van der Waals surface area contributed by atoms with Crippen LogP contribution in [-0.4, -0.2) is 7.05 Å². The summed E-state index contributed by atoms with van der Waals surface area (Å²) >= 11 is 0. The number of rotatable bonds is 2. The van der Waals surface area contributed by atoms with Gasteiger partial charge in [-0.2, -0.15) is 0 Å². The third-order valence-corrected chi connectivity index (χ3v) is 2.54. The Labute approximate surface area is 95.1 Å². The van der Waals surface area contributed by atoms with E-state index in [1.807, 2.05) is 49.5 Å². The second-order valence-corrected chi connectivity index (χ2v) is 3.68. The van der Waals surface area contributed by atoms with Crippen molar-refractivity contribution in [2.24, 2.45) is 0 Å². The Morgan fingerprint density at radius 2 is 1.69 bits per heavy atom. The Kier molecular flexibility index (Phi) is 2.68. The van der Waals surface area contributed by atoms with E-state index < -0.39 is 0 Å². The van der Waals surface area contributed by atoms with Crippen LogP contribution >= 0.6 is 0 Å². The quantitative estimate of drug-likeness (QED) is 0.672. The molecule has 0 amide bonds. The van der Waals surface area contributed by atoms with Crippen LogP contribution in [0, 0.1) is 0 Å². The van der Waals surface area contributed by atoms with Crippen molar-refractivity contribution in [1.82, 2.24) is 0 Å². The number of anilines is 3. The van der Waals surface area contributed by atoms with E-state index >= 15 is 0 Å². The largest absolute Gasteiger partial charge is 0.399 e. The Hall–Kier alpha value is -2.16. The summed E-state index contributed by atoms with van der Waals surface area (Å²) in [6, 6.07) is 13.7. The monoisotopic (exact) mass is 213 g/mol. The first kappa shape index (κ1) is 10.4. The molecule has 0 saturated carbocycles. The van der Waals surface area contributed by atoms with Crippen LogP contribution in [0.2, 0.25) is 0 Å². The Morgan fingerprint density at radius 3 is 2.31 bits per heavy atom. The van der Waals surface area contributed by atoms with Crippen LogP contribution in [-0.2, 0) is 0 Å². The van der Waals surface area contributed by atoms with Gasteiger partial charge in [-0.3, -0.25) is 0 Å². The van der Waals surface area contributed by atoms with Gasteiger partial charge in [0.1, 0.15) is 0 Å². The average Bonchev–Trinajstić information content (AvgIpc) is 2.29. The molecule has 0 radical (unpaired) electrons. The molecule has 0 bridgehead atoms. The summed E-state index contributed by atoms with van der Waals surface area (Å²) < 4.78 is 0. The van der Waals surface area contributed by atoms with Gasteiger partial charge >= 0.3 is 0 Å². The first-order valence-electron chi connectivity index (χ1n) is 5.14. The van der Waals surface area contributed by atoms with Crippen molar-refractivity contribution >= 4 is 17.1 Å². The summed E-state index contributed by atoms with van der Waals surface area (Å²) in [4.78, 5) is 0. The SMILES string of the molecule is CNc1ccc(-c2cccc(N)c2)cc1N. The van der Waals surface area contributed by atoms with Crippen LogP contribution in [0.3, 0.4) is 0 Å². The van der Waals surface area contributed by atoms with E-state index in [-0.39, 0.29) is 0 Å². The highest BCUT2D eigenvalue weighted by Crippen LogP contribution is 2.27. The van der Waals surface area contributed by atoms with E-state index in [0.29, 0.717) is 0 Å². The molecule has 0 aliphatic carbocycles. The van der Waals surface area contributed by atoms with E-state index in [1.54, 1.807) is 0 Å². The van der Waals surface area contributed by atoms with Gasteiger partial charge < -0.3 is 16.8 Å². The number of benzene rings is 2. The van der Waals surface area contributed by atoms with Crippen LogP contribution < -0.4 is 16.8 Å². The summed E-state index contributed by atoms with van der Waals surface area (Å²) in [5.41, 5.74) is 16.2. The minimum Gasteiger partial charge on any atom is -0.399 e. The number of nitrogens with one attached hydrogen (secondary N) is 1. The third kappa shape index (κ3) is 1.93. The van der Waals surface area contributed by atoms with Crippen molar-refractivity contribution in [1.29, 1.82) is 0 Å². The molecule has 5 N–H and O–H groups in total. The fourth-order valence-corrected chi connectivity index (χ4v) is 1.69. The van der Waals surface area contributed by atoms with Crippen molar-refractivity contribution in [2.75, 3.05) is 23.8 Å². The number of nitrogen functional groups attached to an aromatic ring is 2. The molecule has 3 nitrogen and oxygen atoms in total. The average molecular weight is 213 g/mol. The predicted octanol–water partition coefficient (Wildman–Crippen LogP) is 2.56. The lowest BCUT2D eigenvalue weighted by Crippen LogP contribution is -1.95. The molecule has 2 aromatic rings. The standard InChI is InChI=1S/C13H15N3/c1-16-13-6-5-10(8-12(13)15)9-3-2-4-11(14)7-9/h2-8,16H,14-15H2,1H3. The maximum Gasteiger partial charge on any atom is 0.0571 e. The maximum absolute atomic E-state index is 5.91. The van der Waals surface area contributed by atoms with E-state index in [4.69, 9.17) is 11.5 Å². The van der Waals surface area contributed by atoms with Gasteiger partial charge in [0.2, 0.25) is 0 Å². The molecule has 0 atom stereocenters. The van der Waals surface area contributed by atoms with Gasteiger partial charge in [-0.05, 0) is 35.4 Å². The van der Waals surface area contributed by atoms with Crippen LogP contribution in [0.4, 0.5) is 17.1 Å². The smallest absolute Gasteiger partial charge is 0.0571 e. The van der Waals surface area contributed by atoms with Crippen molar-refractivity contribution < 1.29 is 0 Å². The van der Waals surface area contributed by atoms with Gasteiger partial charge in [-0.1, -0.05) is 18.2 Å². The maximum atomic E-state index is 5.91. The van der Waals surface area contributed by atoms with Gasteiger partial charge in [0.15, 0.2) is 0 Å². The number of hydrogen-bond donors (Lipinski definition) is 3. The summed E-state index contributed by atoms with van der Waals surface area (Å²) in [6.07, 6.45) is 0. The first-order chi connectivity index (χ1) is 7.70. The van der Waals surface area contributed by atoms with Crippen molar-refractivity contribution in [3.05, 3.63) is 42.5 Å². The van der Waals surface area contributed by atoms with E-state index in [9.17, 15) is 0 Å². The van der Waals surface area contributed by atoms with E-state index in [1.165, 1.54) is 0 Å². The van der Waals surface area contributed by atoms with Crippen LogP contribution in [0.1, 0.15) is 0 Å². The normalized spacial score (nSPS) is 10.1. The van der Waals surface area contributed by atoms with Gasteiger partial charge in [0.05, 0.1) is 11.4 Å². The lowest BCUT2D eigenvalue weighted by molar-refractivity contribution is 1.50. The zero-order valence-electron chi connectivity index (χ0n) is 9.20. The molecular formula is C13H15N3. The third-order valence-electron chi connectivity index (χ3n) is 2.54. The molecule has 3 heteroatoms. The Balaban J connectivity index is 2.45. The molecule has 16 heavy (non-hydrogen) atoms. The van der Waals surface area contributed by atoms with Crippen molar-refractivity contribution in [2.45, 2.75) is 0 Å². The zero-order chi connectivity index (χ0) is 11.5. The van der Waals surface area contributed by atoms with Crippen molar-refractivity contribution in [3.63, 3.8) is 0 Å². The highest BCUT2D eigenvalue weighted by molar-refractivity contribution is 5.76. The fourth-order valence-electron chi connectivity index (χ4n) is 1.69. The molecule has 82 valence electrons. The van der Waals surface area contributed by atoms with Crippen molar-refractivity contribution in [3.8, 4) is 11.1 Å². The number of nitrogens with two attached hydrogens (primary N) is 2. The number of hydrogen-bond acceptors (Lipinski definition) is 3. The second-order valence-electron chi connectivity index (χ2n) is 3.68. The molecule has 0 aliphatic rings. The predicted molar refractivity (Wildman–Crippen MR) is 70.2 cm³/mol. The van der Waals surface area contributed by atoms with Gasteiger partial charge in [0.25, 0.3) is 0 Å².